The van der Waals surface area contributed by atoms with Crippen molar-refractivity contribution in [3.8, 4) is 11.3 Å². The molecule has 0 aliphatic carbocycles. The Labute approximate surface area is 187 Å². The zero-order valence-electron chi connectivity index (χ0n) is 18.6. The molecule has 3 N–H and O–H groups in total. The molecule has 8 heteroatoms. The van der Waals surface area contributed by atoms with Crippen molar-refractivity contribution in [1.29, 1.82) is 0 Å². The number of likely N-dealkylation sites (tertiary alicyclic amines) is 1. The number of hydrogen-bond donors (Lipinski definition) is 3. The monoisotopic (exact) mass is 431 g/mol. The van der Waals surface area contributed by atoms with Gasteiger partial charge in [0.15, 0.2) is 5.82 Å². The molecule has 8 nitrogen and oxygen atoms in total. The van der Waals surface area contributed by atoms with Crippen LogP contribution in [0, 0.1) is 0 Å². The first-order chi connectivity index (χ1) is 15.6. The molecule has 1 saturated heterocycles. The topological polar surface area (TPSA) is 90.9 Å². The summed E-state index contributed by atoms with van der Waals surface area (Å²) in [7, 11) is 3.83. The minimum absolute atomic E-state index is 0.0374. The molecule has 3 aromatic heterocycles. The Morgan fingerprint density at radius 2 is 2.03 bits per heavy atom. The summed E-state index contributed by atoms with van der Waals surface area (Å²) in [5.74, 6) is 0.702. The highest BCUT2D eigenvalue weighted by atomic mass is 16.1. The first-order valence-electron chi connectivity index (χ1n) is 11.3. The maximum Gasteiger partial charge on any atom is 0.251 e. The van der Waals surface area contributed by atoms with E-state index in [9.17, 15) is 4.79 Å². The number of imidazole rings is 1. The van der Waals surface area contributed by atoms with Crippen molar-refractivity contribution in [1.82, 2.24) is 29.7 Å². The number of carbonyl (C=O) groups excluding carboxylic acids is 1. The Balaban J connectivity index is 1.38. The minimum atomic E-state index is -0.0374. The fourth-order valence-corrected chi connectivity index (χ4v) is 4.57. The van der Waals surface area contributed by atoms with Crippen LogP contribution >= 0.6 is 0 Å². The molecule has 0 unspecified atom stereocenters. The number of rotatable bonds is 6. The summed E-state index contributed by atoms with van der Waals surface area (Å²) >= 11 is 0. The third-order valence-corrected chi connectivity index (χ3v) is 6.27. The molecule has 0 spiro atoms. The third kappa shape index (κ3) is 3.82. The van der Waals surface area contributed by atoms with Gasteiger partial charge >= 0.3 is 0 Å². The molecule has 0 radical (unpaired) electrons. The lowest BCUT2D eigenvalue weighted by Gasteiger charge is -2.26. The molecule has 0 saturated carbocycles. The molecule has 1 aromatic carbocycles. The molecular formula is C24H29N7O. The average Bonchev–Trinajstić information content (AvgIpc) is 3.43. The van der Waals surface area contributed by atoms with Crippen LogP contribution in [0.1, 0.15) is 29.6 Å². The van der Waals surface area contributed by atoms with Crippen LogP contribution in [-0.4, -0.2) is 63.6 Å². The van der Waals surface area contributed by atoms with Crippen LogP contribution in [0.5, 0.6) is 0 Å². The Morgan fingerprint density at radius 1 is 1.19 bits per heavy atom. The van der Waals surface area contributed by atoms with Crippen LogP contribution < -0.4 is 10.6 Å². The van der Waals surface area contributed by atoms with Gasteiger partial charge in [0.05, 0.1) is 11.8 Å². The van der Waals surface area contributed by atoms with Gasteiger partial charge in [0, 0.05) is 43.8 Å². The number of fused-ring (bicyclic) bond motifs is 3. The van der Waals surface area contributed by atoms with E-state index in [1.807, 2.05) is 42.9 Å². The lowest BCUT2D eigenvalue weighted by molar-refractivity contribution is 0.0946. The molecule has 166 valence electrons. The van der Waals surface area contributed by atoms with Crippen LogP contribution in [0.15, 0.2) is 36.7 Å². The molecule has 0 bridgehead atoms. The summed E-state index contributed by atoms with van der Waals surface area (Å²) in [6.45, 7) is 3.86. The maximum atomic E-state index is 12.7. The molecule has 32 heavy (non-hydrogen) atoms. The predicted molar refractivity (Wildman–Crippen MR) is 128 cm³/mol. The van der Waals surface area contributed by atoms with Gasteiger partial charge in [-0.25, -0.2) is 9.97 Å². The molecule has 1 aliphatic rings. The summed E-state index contributed by atoms with van der Waals surface area (Å²) in [6, 6.07) is 9.81. The fraction of sp³-hybridized carbons (Fsp3) is 0.375. The van der Waals surface area contributed by atoms with Gasteiger partial charge in [-0.15, -0.1) is 0 Å². The number of nitrogens with one attached hydrogen (secondary N) is 3. The minimum Gasteiger partial charge on any atom is -0.371 e. The summed E-state index contributed by atoms with van der Waals surface area (Å²) in [5, 5.41) is 7.21. The lowest BCUT2D eigenvalue weighted by Crippen LogP contribution is -2.37. The van der Waals surface area contributed by atoms with E-state index >= 15 is 0 Å². The second kappa shape index (κ2) is 8.63. The highest BCUT2D eigenvalue weighted by Crippen LogP contribution is 2.31. The summed E-state index contributed by atoms with van der Waals surface area (Å²) in [4.78, 5) is 27.8. The van der Waals surface area contributed by atoms with E-state index in [1.54, 1.807) is 6.33 Å². The summed E-state index contributed by atoms with van der Waals surface area (Å²) < 4.78 is 2.00. The Hall–Kier alpha value is -3.39. The van der Waals surface area contributed by atoms with E-state index in [1.165, 1.54) is 19.3 Å². The highest BCUT2D eigenvalue weighted by molar-refractivity contribution is 6.07. The van der Waals surface area contributed by atoms with Gasteiger partial charge in [-0.1, -0.05) is 18.6 Å². The van der Waals surface area contributed by atoms with Crippen LogP contribution in [0.25, 0.3) is 33.3 Å². The number of pyridine rings is 1. The smallest absolute Gasteiger partial charge is 0.251 e. The number of anilines is 1. The average molecular weight is 432 g/mol. The predicted octanol–water partition coefficient (Wildman–Crippen LogP) is 3.37. The van der Waals surface area contributed by atoms with Crippen molar-refractivity contribution in [2.45, 2.75) is 19.3 Å². The number of carbonyl (C=O) groups is 1. The number of H-pyrrole nitrogens is 1. The number of aromatic amines is 1. The number of aryl methyl sites for hydroxylation is 1. The largest absolute Gasteiger partial charge is 0.371 e. The van der Waals surface area contributed by atoms with E-state index in [2.05, 4.69) is 31.6 Å². The quantitative estimate of drug-likeness (QED) is 0.435. The number of amides is 1. The number of hydrogen-bond acceptors (Lipinski definition) is 5. The van der Waals surface area contributed by atoms with Crippen molar-refractivity contribution >= 4 is 33.8 Å². The third-order valence-electron chi connectivity index (χ3n) is 6.27. The number of piperidine rings is 1. The van der Waals surface area contributed by atoms with Gasteiger partial charge in [0.2, 0.25) is 0 Å². The zero-order chi connectivity index (χ0) is 22.1. The Morgan fingerprint density at radius 3 is 2.84 bits per heavy atom. The molecule has 1 aliphatic heterocycles. The van der Waals surface area contributed by atoms with Gasteiger partial charge < -0.3 is 25.1 Å². The van der Waals surface area contributed by atoms with Crippen molar-refractivity contribution in [2.24, 2.45) is 7.05 Å². The van der Waals surface area contributed by atoms with Crippen LogP contribution in [0.2, 0.25) is 0 Å². The SMILES string of the molecule is CNc1nc2[nH]c(-c3cccc(C(=O)NCCN4CCCCC4)c3)cc2c2c1ncn2C. The lowest BCUT2D eigenvalue weighted by atomic mass is 10.1. The molecular weight excluding hydrogens is 402 g/mol. The van der Waals surface area contributed by atoms with Crippen molar-refractivity contribution < 1.29 is 4.79 Å². The van der Waals surface area contributed by atoms with E-state index in [0.717, 1.165) is 58.8 Å². The van der Waals surface area contributed by atoms with E-state index < -0.39 is 0 Å². The van der Waals surface area contributed by atoms with Crippen LogP contribution in [0.3, 0.4) is 0 Å². The Bertz CT molecular complexity index is 1270. The van der Waals surface area contributed by atoms with Gasteiger partial charge in [-0.05, 0) is 49.7 Å². The van der Waals surface area contributed by atoms with Crippen molar-refractivity contribution in [2.75, 3.05) is 38.5 Å². The highest BCUT2D eigenvalue weighted by Gasteiger charge is 2.16. The van der Waals surface area contributed by atoms with Crippen LogP contribution in [-0.2, 0) is 7.05 Å². The zero-order valence-corrected chi connectivity index (χ0v) is 18.6. The molecule has 4 heterocycles. The number of benzene rings is 1. The van der Waals surface area contributed by atoms with E-state index in [4.69, 9.17) is 4.98 Å². The number of aromatic nitrogens is 4. The van der Waals surface area contributed by atoms with Gasteiger partial charge in [-0.2, -0.15) is 0 Å². The van der Waals surface area contributed by atoms with Gasteiger partial charge in [-0.3, -0.25) is 4.79 Å². The van der Waals surface area contributed by atoms with Crippen LogP contribution in [0.4, 0.5) is 5.82 Å². The Kier molecular flexibility index (Phi) is 5.53. The molecule has 1 amide bonds. The fourth-order valence-electron chi connectivity index (χ4n) is 4.57. The standard InChI is InChI=1S/C24H29N7O/c1-25-23-20-21(30(2)15-27-20)18-14-19(28-22(18)29-23)16-7-6-8-17(13-16)24(32)26-9-12-31-10-4-3-5-11-31/h6-8,13-15H,3-5,9-12H2,1-2H3,(H,26,32)(H2,25,28,29). The van der Waals surface area contributed by atoms with E-state index in [0.29, 0.717) is 12.1 Å². The second-order valence-corrected chi connectivity index (χ2v) is 8.45. The molecule has 4 aromatic rings. The van der Waals surface area contributed by atoms with E-state index in [-0.39, 0.29) is 5.91 Å². The van der Waals surface area contributed by atoms with Crippen molar-refractivity contribution in [3.05, 3.63) is 42.2 Å². The summed E-state index contributed by atoms with van der Waals surface area (Å²) in [5.41, 5.74) is 5.19. The molecule has 5 rings (SSSR count). The summed E-state index contributed by atoms with van der Waals surface area (Å²) in [6.07, 6.45) is 5.64. The first kappa shape index (κ1) is 20.5. The number of nitrogens with zero attached hydrogens (tertiary/aromatic N) is 4. The second-order valence-electron chi connectivity index (χ2n) is 8.45. The normalized spacial score (nSPS) is 14.8. The molecule has 0 atom stereocenters. The molecule has 1 fully saturated rings. The van der Waals surface area contributed by atoms with Gasteiger partial charge in [0.25, 0.3) is 5.91 Å². The maximum absolute atomic E-state index is 12.7. The van der Waals surface area contributed by atoms with Gasteiger partial charge in [0.1, 0.15) is 11.2 Å². The van der Waals surface area contributed by atoms with Crippen molar-refractivity contribution in [3.63, 3.8) is 0 Å². The first-order valence-corrected chi connectivity index (χ1v) is 11.3.